The van der Waals surface area contributed by atoms with Gasteiger partial charge in [-0.25, -0.2) is 19.2 Å². The van der Waals surface area contributed by atoms with E-state index in [4.69, 9.17) is 9.15 Å². The molecule has 287 valence electrons. The molecule has 2 aromatic carbocycles. The lowest BCUT2D eigenvalue weighted by Crippen LogP contribution is -2.66. The Hall–Kier alpha value is -5.38. The van der Waals surface area contributed by atoms with Crippen LogP contribution in [0.5, 0.6) is 0 Å². The maximum atomic E-state index is 14.2. The highest BCUT2D eigenvalue weighted by molar-refractivity contribution is 5.91. The van der Waals surface area contributed by atoms with Crippen LogP contribution in [0.2, 0.25) is 0 Å². The molecule has 0 saturated carbocycles. The van der Waals surface area contributed by atoms with Crippen molar-refractivity contribution in [3.8, 4) is 0 Å². The van der Waals surface area contributed by atoms with Crippen molar-refractivity contribution in [3.05, 3.63) is 63.6 Å². The molecule has 0 aliphatic carbocycles. The number of ether oxygens (including phenoxy) is 1. The van der Waals surface area contributed by atoms with Crippen LogP contribution in [-0.4, -0.2) is 123 Å². The molecule has 16 nitrogen and oxygen atoms in total. The number of aryl methyl sites for hydroxylation is 1. The Kier molecular flexibility index (Phi) is 10.4. The summed E-state index contributed by atoms with van der Waals surface area (Å²) in [7, 11) is 0. The molecule has 54 heavy (non-hydrogen) atoms. The summed E-state index contributed by atoms with van der Waals surface area (Å²) in [5.74, 6) is -3.47. The molecule has 4 amide bonds. The Bertz CT molecular complexity index is 1980. The predicted octanol–water partition coefficient (Wildman–Crippen LogP) is 3.11. The van der Waals surface area contributed by atoms with Crippen molar-refractivity contribution < 1.29 is 43.3 Å². The van der Waals surface area contributed by atoms with Crippen molar-refractivity contribution in [2.24, 2.45) is 5.92 Å². The van der Waals surface area contributed by atoms with Crippen LogP contribution in [0.25, 0.3) is 11.1 Å². The second kappa shape index (κ2) is 15.2. The quantitative estimate of drug-likeness (QED) is 0.248. The van der Waals surface area contributed by atoms with Gasteiger partial charge in [-0.15, -0.1) is 0 Å². The zero-order chi connectivity index (χ0) is 38.1. The summed E-state index contributed by atoms with van der Waals surface area (Å²) in [4.78, 5) is 86.7. The fourth-order valence-corrected chi connectivity index (χ4v) is 8.62. The zero-order valence-corrected chi connectivity index (χ0v) is 30.3. The van der Waals surface area contributed by atoms with E-state index >= 15 is 0 Å². The van der Waals surface area contributed by atoms with Crippen molar-refractivity contribution in [2.75, 3.05) is 51.1 Å². The number of aliphatic carboxylic acids is 2. The first-order chi connectivity index (χ1) is 25.9. The van der Waals surface area contributed by atoms with E-state index < -0.39 is 47.3 Å². The molecule has 1 aromatic heterocycles. The van der Waals surface area contributed by atoms with E-state index in [2.05, 4.69) is 10.3 Å². The van der Waals surface area contributed by atoms with E-state index in [1.165, 1.54) is 4.90 Å². The summed E-state index contributed by atoms with van der Waals surface area (Å²) in [6.07, 6.45) is 0.832. The van der Waals surface area contributed by atoms with Crippen LogP contribution in [-0.2, 0) is 32.0 Å². The number of aromatic amines is 1. The number of nitrogens with one attached hydrogen (secondary N) is 2. The summed E-state index contributed by atoms with van der Waals surface area (Å²) in [5, 5.41) is 22.8. The molecule has 0 bridgehead atoms. The number of anilines is 1. The molecule has 4 N–H and O–H groups in total. The van der Waals surface area contributed by atoms with Gasteiger partial charge in [-0.3, -0.25) is 14.6 Å². The SMILES string of the molecule is Cc1cc(C[C@@H](OC(=O)N2CCC(N3CCc4ccccc4NC3=O)CC2)C(=O)N2CCC(C(=O)O)([N+]3CCC(C(=O)O)CC3)CC2)cc2oc(=O)[nH]c12. The number of amides is 4. The number of para-hydroxylation sites is 1. The topological polar surface area (TPSA) is 209 Å². The van der Waals surface area contributed by atoms with Crippen LogP contribution in [0.1, 0.15) is 55.2 Å². The number of fused-ring (bicyclic) bond motifs is 2. The summed E-state index contributed by atoms with van der Waals surface area (Å²) in [6, 6.07) is 10.9. The first-order valence-corrected chi connectivity index (χ1v) is 18.7. The molecule has 3 fully saturated rings. The maximum Gasteiger partial charge on any atom is 0.417 e. The highest BCUT2D eigenvalue weighted by Gasteiger charge is 2.56. The Balaban J connectivity index is 1.03. The maximum absolute atomic E-state index is 14.2. The van der Waals surface area contributed by atoms with E-state index in [0.29, 0.717) is 87.1 Å². The monoisotopic (exact) mass is 746 g/mol. The smallest absolute Gasteiger partial charge is 0.417 e. The molecule has 3 saturated heterocycles. The van der Waals surface area contributed by atoms with Crippen molar-refractivity contribution in [1.82, 2.24) is 24.6 Å². The zero-order valence-electron chi connectivity index (χ0n) is 30.3. The summed E-state index contributed by atoms with van der Waals surface area (Å²) >= 11 is 0. The lowest BCUT2D eigenvalue weighted by molar-refractivity contribution is -0.156. The number of oxazole rings is 1. The molecule has 0 spiro atoms. The normalized spacial score (nSPS) is 20.5. The lowest BCUT2D eigenvalue weighted by atomic mass is 9.82. The van der Waals surface area contributed by atoms with Crippen LogP contribution in [0.3, 0.4) is 0 Å². The van der Waals surface area contributed by atoms with E-state index in [9.17, 15) is 39.0 Å². The minimum absolute atomic E-state index is 0.00943. The van der Waals surface area contributed by atoms with Crippen LogP contribution < -0.4 is 16.0 Å². The molecule has 3 aromatic rings. The minimum atomic E-state index is -1.25. The number of aromatic nitrogens is 1. The number of carbonyl (C=O) groups excluding carboxylic acids is 3. The minimum Gasteiger partial charge on any atom is -0.481 e. The number of benzene rings is 2. The van der Waals surface area contributed by atoms with Crippen LogP contribution in [0.15, 0.2) is 45.6 Å². The van der Waals surface area contributed by atoms with Crippen LogP contribution in [0, 0.1) is 12.8 Å². The number of carboxylic acid groups (broad SMARTS) is 2. The predicted molar refractivity (Wildman–Crippen MR) is 194 cm³/mol. The van der Waals surface area contributed by atoms with Gasteiger partial charge >= 0.3 is 29.8 Å². The summed E-state index contributed by atoms with van der Waals surface area (Å²) in [6.45, 7) is 3.88. The molecular weight excluding hydrogens is 700 g/mol. The Morgan fingerprint density at radius 1 is 0.963 bits per heavy atom. The second-order valence-electron chi connectivity index (χ2n) is 14.9. The van der Waals surface area contributed by atoms with E-state index in [0.717, 1.165) is 11.3 Å². The molecular formula is C38H46N6O10+. The third kappa shape index (κ3) is 7.39. The molecule has 16 heteroatoms. The molecule has 4 aliphatic heterocycles. The van der Waals surface area contributed by atoms with Gasteiger partial charge in [0.05, 0.1) is 11.4 Å². The Morgan fingerprint density at radius 3 is 2.35 bits per heavy atom. The molecule has 1 atom stereocenters. The van der Waals surface area contributed by atoms with E-state index in [1.54, 1.807) is 24.0 Å². The van der Waals surface area contributed by atoms with Gasteiger partial charge in [0.15, 0.2) is 11.7 Å². The van der Waals surface area contributed by atoms with Gasteiger partial charge in [0, 0.05) is 76.6 Å². The average molecular weight is 747 g/mol. The van der Waals surface area contributed by atoms with E-state index in [1.807, 2.05) is 34.1 Å². The van der Waals surface area contributed by atoms with Crippen molar-refractivity contribution >= 4 is 46.8 Å². The van der Waals surface area contributed by atoms with Crippen molar-refractivity contribution in [3.63, 3.8) is 0 Å². The first kappa shape index (κ1) is 37.0. The van der Waals surface area contributed by atoms with Gasteiger partial charge in [0.1, 0.15) is 13.1 Å². The van der Waals surface area contributed by atoms with Gasteiger partial charge < -0.3 is 39.4 Å². The van der Waals surface area contributed by atoms with Gasteiger partial charge in [0.25, 0.3) is 5.91 Å². The number of hydrogen-bond acceptors (Lipinski definition) is 9. The number of piperidine rings is 3. The van der Waals surface area contributed by atoms with E-state index in [-0.39, 0.29) is 44.4 Å². The Morgan fingerprint density at radius 2 is 1.67 bits per heavy atom. The highest BCUT2D eigenvalue weighted by Crippen LogP contribution is 2.33. The summed E-state index contributed by atoms with van der Waals surface area (Å²) in [5.41, 5.74) is 2.80. The Labute approximate surface area is 311 Å². The first-order valence-electron chi connectivity index (χ1n) is 18.7. The fourth-order valence-electron chi connectivity index (χ4n) is 8.62. The standard InChI is InChI=1S/C38H46N6O10/c1-23-20-24(21-29-31(23)40-36(51)53-29)22-30(32(45)41-18-11-38(12-19-41,34(48)49)43-15-6-26(7-16-43)33(46)47)54-37(52)42-13-9-27(10-14-42)44-17-8-25-4-2-3-5-28(25)39-35(44)50/h2-5,20-21,26-27,30H,6-19,22H2,1H3,(H,39,50)(H,40,51)(H,46,47)(H,48,49)/q+1/t30-/m1/s1. The molecule has 4 aliphatic rings. The number of likely N-dealkylation sites (tertiary alicyclic amines) is 3. The highest BCUT2D eigenvalue weighted by atomic mass is 16.6. The number of carbonyl (C=O) groups is 5. The largest absolute Gasteiger partial charge is 0.481 e. The second-order valence-corrected chi connectivity index (χ2v) is 14.9. The molecule has 0 unspecified atom stereocenters. The molecule has 5 heterocycles. The van der Waals surface area contributed by atoms with Gasteiger partial charge in [0.2, 0.25) is 5.54 Å². The fraction of sp³-hybridized carbons (Fsp3) is 0.526. The molecule has 1 radical (unpaired) electrons. The van der Waals surface area contributed by atoms with Gasteiger partial charge in [-0.2, -0.15) is 4.90 Å². The third-order valence-corrected chi connectivity index (χ3v) is 11.8. The van der Waals surface area contributed by atoms with Gasteiger partial charge in [-0.05, 0) is 55.0 Å². The average Bonchev–Trinajstić information content (AvgIpc) is 3.46. The summed E-state index contributed by atoms with van der Waals surface area (Å²) < 4.78 is 11.3. The number of carboxylic acids is 2. The number of hydrogen-bond donors (Lipinski definition) is 4. The number of rotatable bonds is 8. The number of urea groups is 1. The number of H-pyrrole nitrogens is 1. The third-order valence-electron chi connectivity index (χ3n) is 11.8. The molecule has 7 rings (SSSR count). The van der Waals surface area contributed by atoms with Crippen LogP contribution >= 0.6 is 0 Å². The lowest BCUT2D eigenvalue weighted by Gasteiger charge is -2.41. The van der Waals surface area contributed by atoms with Crippen molar-refractivity contribution in [2.45, 2.75) is 76.0 Å². The van der Waals surface area contributed by atoms with Crippen molar-refractivity contribution in [1.29, 1.82) is 0 Å². The number of nitrogens with zero attached hydrogens (tertiary/aromatic N) is 4. The van der Waals surface area contributed by atoms with Gasteiger partial charge in [-0.1, -0.05) is 24.3 Å². The van der Waals surface area contributed by atoms with Crippen LogP contribution in [0.4, 0.5) is 15.3 Å².